The topological polar surface area (TPSA) is 86.7 Å². The zero-order chi connectivity index (χ0) is 15.1. The maximum absolute atomic E-state index is 11.0. The minimum Gasteiger partial charge on any atom is -0.309 e. The lowest BCUT2D eigenvalue weighted by atomic mass is 10.4. The lowest BCUT2D eigenvalue weighted by Gasteiger charge is -2.10. The minimum absolute atomic E-state index is 0.438. The standard InChI is InChI=1S/C6H6.C5H13O3P.O3S/c1-2-4-6-5-3-1;1-4-7-9(3,6)8-5-2;1-4(2)3/h1-6H;4-5H2,1-3H3;. The van der Waals surface area contributed by atoms with Crippen molar-refractivity contribution in [2.75, 3.05) is 19.9 Å². The van der Waals surface area contributed by atoms with Crippen LogP contribution < -0.4 is 0 Å². The molecular weight excluding hydrogens is 291 g/mol. The second-order valence-corrected chi connectivity index (χ2v) is 5.43. The smallest absolute Gasteiger partial charge is 0.309 e. The van der Waals surface area contributed by atoms with E-state index in [1.807, 2.05) is 36.4 Å². The molecule has 6 nitrogen and oxygen atoms in total. The number of rotatable bonds is 4. The molecule has 110 valence electrons. The van der Waals surface area contributed by atoms with Crippen LogP contribution in [0.2, 0.25) is 0 Å². The van der Waals surface area contributed by atoms with E-state index in [4.69, 9.17) is 21.7 Å². The van der Waals surface area contributed by atoms with Crippen molar-refractivity contribution in [2.45, 2.75) is 13.8 Å². The Hall–Kier alpha value is -1.01. The van der Waals surface area contributed by atoms with Gasteiger partial charge < -0.3 is 9.05 Å². The highest BCUT2D eigenvalue weighted by Gasteiger charge is 2.13. The second-order valence-electron chi connectivity index (χ2n) is 2.97. The summed E-state index contributed by atoms with van der Waals surface area (Å²) in [5, 5.41) is 0. The number of hydrogen-bond donors (Lipinski definition) is 0. The Morgan fingerprint density at radius 3 is 1.21 bits per heavy atom. The van der Waals surface area contributed by atoms with E-state index in [1.165, 1.54) is 6.66 Å². The molecule has 0 aliphatic rings. The maximum atomic E-state index is 11.0. The van der Waals surface area contributed by atoms with Crippen molar-refractivity contribution >= 4 is 18.2 Å². The van der Waals surface area contributed by atoms with Gasteiger partial charge in [-0.2, -0.15) is 0 Å². The van der Waals surface area contributed by atoms with Gasteiger partial charge in [0.25, 0.3) is 0 Å². The molecule has 0 aliphatic carbocycles. The summed E-state index contributed by atoms with van der Waals surface area (Å²) in [7, 11) is -5.80. The highest BCUT2D eigenvalue weighted by atomic mass is 32.2. The molecule has 0 spiro atoms. The average Bonchev–Trinajstić information content (AvgIpc) is 2.31. The highest BCUT2D eigenvalue weighted by Crippen LogP contribution is 2.43. The summed E-state index contributed by atoms with van der Waals surface area (Å²) < 4.78 is 45.9. The molecule has 0 aromatic heterocycles. The fourth-order valence-electron chi connectivity index (χ4n) is 0.891. The third kappa shape index (κ3) is 22.6. The van der Waals surface area contributed by atoms with E-state index in [0.29, 0.717) is 13.2 Å². The predicted octanol–water partition coefficient (Wildman–Crippen LogP) is 2.56. The summed E-state index contributed by atoms with van der Waals surface area (Å²) in [5.41, 5.74) is 0. The lowest BCUT2D eigenvalue weighted by Crippen LogP contribution is -1.92. The maximum Gasteiger partial charge on any atom is 0.425 e. The summed E-state index contributed by atoms with van der Waals surface area (Å²) >= 11 is 0. The average molecular weight is 310 g/mol. The van der Waals surface area contributed by atoms with Crippen molar-refractivity contribution in [2.24, 2.45) is 0 Å². The van der Waals surface area contributed by atoms with Crippen molar-refractivity contribution in [1.82, 2.24) is 0 Å². The van der Waals surface area contributed by atoms with Gasteiger partial charge in [0.1, 0.15) is 0 Å². The van der Waals surface area contributed by atoms with Crippen molar-refractivity contribution in [3.05, 3.63) is 36.4 Å². The SMILES string of the molecule is CCOP(C)(=O)OCC.O=S(=O)=O.c1ccccc1. The Bertz CT molecular complexity index is 401. The fourth-order valence-corrected chi connectivity index (χ4v) is 1.90. The number of benzene rings is 1. The van der Waals surface area contributed by atoms with Crippen LogP contribution in [0, 0.1) is 0 Å². The lowest BCUT2D eigenvalue weighted by molar-refractivity contribution is 0.225. The first kappa shape index (κ1) is 20.3. The monoisotopic (exact) mass is 310 g/mol. The summed E-state index contributed by atoms with van der Waals surface area (Å²) in [6.07, 6.45) is 0. The van der Waals surface area contributed by atoms with Crippen LogP contribution >= 0.6 is 7.60 Å². The summed E-state index contributed by atoms with van der Waals surface area (Å²) in [4.78, 5) is 0. The molecule has 0 unspecified atom stereocenters. The third-order valence-electron chi connectivity index (χ3n) is 1.39. The minimum atomic E-state index is -3.11. The number of hydrogen-bond acceptors (Lipinski definition) is 6. The van der Waals surface area contributed by atoms with Gasteiger partial charge in [-0.15, -0.1) is 12.6 Å². The normalized spacial score (nSPS) is 9.42. The first-order chi connectivity index (χ1) is 8.85. The van der Waals surface area contributed by atoms with Crippen LogP contribution in [0.1, 0.15) is 13.8 Å². The molecule has 1 rings (SSSR count). The van der Waals surface area contributed by atoms with E-state index in [-0.39, 0.29) is 0 Å². The third-order valence-corrected chi connectivity index (χ3v) is 2.85. The fraction of sp³-hybridized carbons (Fsp3) is 0.455. The molecule has 0 saturated heterocycles. The molecular formula is C11H19O6PS. The quantitative estimate of drug-likeness (QED) is 0.794. The first-order valence-corrected chi connectivity index (χ1v) is 8.48. The van der Waals surface area contributed by atoms with Gasteiger partial charge in [0.15, 0.2) is 0 Å². The summed E-state index contributed by atoms with van der Waals surface area (Å²) in [5.74, 6) is 0. The Morgan fingerprint density at radius 2 is 1.05 bits per heavy atom. The van der Waals surface area contributed by atoms with Crippen molar-refractivity contribution in [3.8, 4) is 0 Å². The Morgan fingerprint density at radius 1 is 0.842 bits per heavy atom. The molecule has 0 N–H and O–H groups in total. The molecule has 8 heteroatoms. The molecule has 1 aromatic carbocycles. The van der Waals surface area contributed by atoms with Crippen molar-refractivity contribution in [3.63, 3.8) is 0 Å². The zero-order valence-corrected chi connectivity index (χ0v) is 12.9. The van der Waals surface area contributed by atoms with Gasteiger partial charge in [0, 0.05) is 6.66 Å². The van der Waals surface area contributed by atoms with Gasteiger partial charge in [-0.1, -0.05) is 36.4 Å². The van der Waals surface area contributed by atoms with Gasteiger partial charge in [0.05, 0.1) is 13.2 Å². The Kier molecular flexibility index (Phi) is 14.3. The van der Waals surface area contributed by atoms with E-state index >= 15 is 0 Å². The largest absolute Gasteiger partial charge is 0.425 e. The molecule has 0 saturated carbocycles. The molecule has 0 aliphatic heterocycles. The Balaban J connectivity index is 0. The van der Waals surface area contributed by atoms with Gasteiger partial charge in [-0.25, -0.2) is 0 Å². The van der Waals surface area contributed by atoms with Crippen LogP contribution in [-0.4, -0.2) is 32.5 Å². The van der Waals surface area contributed by atoms with Crippen molar-refractivity contribution in [1.29, 1.82) is 0 Å². The van der Waals surface area contributed by atoms with Crippen LogP contribution in [0.5, 0.6) is 0 Å². The van der Waals surface area contributed by atoms with Gasteiger partial charge in [-0.05, 0) is 13.8 Å². The van der Waals surface area contributed by atoms with Crippen LogP contribution in [0.3, 0.4) is 0 Å². The second kappa shape index (κ2) is 13.4. The molecule has 0 bridgehead atoms. The molecule has 19 heavy (non-hydrogen) atoms. The molecule has 0 amide bonds. The molecule has 1 aromatic rings. The molecule has 0 atom stereocenters. The van der Waals surface area contributed by atoms with E-state index in [2.05, 4.69) is 0 Å². The van der Waals surface area contributed by atoms with E-state index in [9.17, 15) is 4.57 Å². The van der Waals surface area contributed by atoms with Crippen LogP contribution in [0.25, 0.3) is 0 Å². The first-order valence-electron chi connectivity index (χ1n) is 5.49. The van der Waals surface area contributed by atoms with Gasteiger partial charge in [0.2, 0.25) is 0 Å². The zero-order valence-electron chi connectivity index (χ0n) is 11.2. The van der Waals surface area contributed by atoms with E-state index < -0.39 is 18.2 Å². The van der Waals surface area contributed by atoms with E-state index in [0.717, 1.165) is 0 Å². The van der Waals surface area contributed by atoms with Gasteiger partial charge in [-0.3, -0.25) is 4.57 Å². The molecule has 0 fully saturated rings. The van der Waals surface area contributed by atoms with Crippen LogP contribution in [0.4, 0.5) is 0 Å². The van der Waals surface area contributed by atoms with Gasteiger partial charge >= 0.3 is 18.2 Å². The Labute approximate surface area is 115 Å². The molecule has 0 radical (unpaired) electrons. The molecule has 0 heterocycles. The highest BCUT2D eigenvalue weighted by molar-refractivity contribution is 7.59. The predicted molar refractivity (Wildman–Crippen MR) is 72.9 cm³/mol. The van der Waals surface area contributed by atoms with Crippen LogP contribution in [-0.2, 0) is 24.2 Å². The summed E-state index contributed by atoms with van der Waals surface area (Å²) in [6, 6.07) is 12.0. The van der Waals surface area contributed by atoms with E-state index in [1.54, 1.807) is 13.8 Å². The summed E-state index contributed by atoms with van der Waals surface area (Å²) in [6.45, 7) is 5.92. The van der Waals surface area contributed by atoms with Crippen molar-refractivity contribution < 1.29 is 26.2 Å². The van der Waals surface area contributed by atoms with Crippen LogP contribution in [0.15, 0.2) is 36.4 Å².